The third kappa shape index (κ3) is 7.77. The van der Waals surface area contributed by atoms with Gasteiger partial charge in [0.05, 0.1) is 10.6 Å². The third-order valence-electron chi connectivity index (χ3n) is 4.81. The number of anilines is 1. The van der Waals surface area contributed by atoms with Crippen LogP contribution in [-0.4, -0.2) is 52.0 Å². The van der Waals surface area contributed by atoms with Gasteiger partial charge >= 0.3 is 6.36 Å². The first-order valence-electron chi connectivity index (χ1n) is 11.2. The molecule has 1 heterocycles. The first kappa shape index (κ1) is 31.5. The first-order chi connectivity index (χ1) is 18.9. The molecule has 0 bridgehead atoms. The summed E-state index contributed by atoms with van der Waals surface area (Å²) in [6, 6.07) is 4.06. The molecule has 0 unspecified atom stereocenters. The zero-order valence-corrected chi connectivity index (χ0v) is 21.9. The number of primary amides is 1. The summed E-state index contributed by atoms with van der Waals surface area (Å²) in [6.07, 6.45) is -7.71. The van der Waals surface area contributed by atoms with E-state index >= 15 is 8.78 Å². The molecular formula is C22H16B3ClF7N3O5. The van der Waals surface area contributed by atoms with Gasteiger partial charge in [0.1, 0.15) is 46.4 Å². The van der Waals surface area contributed by atoms with Crippen LogP contribution >= 0.6 is 11.6 Å². The van der Waals surface area contributed by atoms with Crippen molar-refractivity contribution in [1.29, 1.82) is 0 Å². The highest BCUT2D eigenvalue weighted by Crippen LogP contribution is 2.44. The molecule has 0 atom stereocenters. The van der Waals surface area contributed by atoms with Crippen LogP contribution in [0.15, 0.2) is 36.5 Å². The average molecular weight is 603 g/mol. The molecule has 1 aromatic heterocycles. The fourth-order valence-electron chi connectivity index (χ4n) is 3.27. The van der Waals surface area contributed by atoms with Crippen LogP contribution < -0.4 is 25.3 Å². The number of aromatic nitrogens is 1. The van der Waals surface area contributed by atoms with E-state index in [-0.39, 0.29) is 11.4 Å². The van der Waals surface area contributed by atoms with Crippen molar-refractivity contribution in [2.45, 2.75) is 18.1 Å². The van der Waals surface area contributed by atoms with Gasteiger partial charge in [0.15, 0.2) is 17.2 Å². The van der Waals surface area contributed by atoms with Gasteiger partial charge in [-0.05, 0) is 24.3 Å². The summed E-state index contributed by atoms with van der Waals surface area (Å²) in [5.41, 5.74) is 2.15. The summed E-state index contributed by atoms with van der Waals surface area (Å²) in [4.78, 5) is 28.2. The van der Waals surface area contributed by atoms with Crippen LogP contribution in [0, 0.1) is 11.6 Å². The molecule has 0 aliphatic heterocycles. The van der Waals surface area contributed by atoms with Crippen molar-refractivity contribution in [2.24, 2.45) is 5.73 Å². The molecule has 214 valence electrons. The Labute approximate surface area is 234 Å². The maximum absolute atomic E-state index is 15.4. The summed E-state index contributed by atoms with van der Waals surface area (Å²) >= 11 is 5.82. The number of nitrogens with two attached hydrogens (primary N) is 1. The molecule has 41 heavy (non-hydrogen) atoms. The fourth-order valence-corrected chi connectivity index (χ4v) is 3.53. The van der Waals surface area contributed by atoms with Gasteiger partial charge in [-0.1, -0.05) is 11.6 Å². The van der Waals surface area contributed by atoms with Crippen molar-refractivity contribution < 1.29 is 54.5 Å². The number of nitrogens with zero attached hydrogens (tertiary/aromatic N) is 1. The second kappa shape index (κ2) is 11.8. The Balaban J connectivity index is 2.17. The Morgan fingerprint density at radius 3 is 2.17 bits per heavy atom. The van der Waals surface area contributed by atoms with Crippen molar-refractivity contribution in [3.63, 3.8) is 0 Å². The van der Waals surface area contributed by atoms with Gasteiger partial charge in [-0.3, -0.25) is 14.6 Å². The van der Waals surface area contributed by atoms with Crippen LogP contribution in [0.3, 0.4) is 0 Å². The fraction of sp³-hybridized carbons (Fsp3) is 0.136. The highest BCUT2D eigenvalue weighted by molar-refractivity contribution is 6.58. The van der Waals surface area contributed by atoms with E-state index < -0.39 is 80.7 Å². The summed E-state index contributed by atoms with van der Waals surface area (Å²) in [5.74, 6) is -9.65. The normalized spacial score (nSPS) is 11.7. The van der Waals surface area contributed by atoms with Crippen LogP contribution in [0.4, 0.5) is 36.4 Å². The lowest BCUT2D eigenvalue weighted by Crippen LogP contribution is -2.38. The molecule has 0 aliphatic carbocycles. The second-order valence-electron chi connectivity index (χ2n) is 9.08. The molecule has 0 aliphatic rings. The van der Waals surface area contributed by atoms with Gasteiger partial charge in [0, 0.05) is 23.2 Å². The number of amides is 2. The number of ether oxygens (including phenoxy) is 3. The van der Waals surface area contributed by atoms with Crippen molar-refractivity contribution >= 4 is 52.6 Å². The quantitative estimate of drug-likeness (QED) is 0.288. The largest absolute Gasteiger partial charge is 0.573 e. The number of rotatable bonds is 9. The van der Waals surface area contributed by atoms with E-state index in [1.807, 2.05) is 0 Å². The molecule has 19 heteroatoms. The van der Waals surface area contributed by atoms with Crippen LogP contribution in [-0.2, 0) is 0 Å². The monoisotopic (exact) mass is 603 g/mol. The molecule has 0 spiro atoms. The van der Waals surface area contributed by atoms with Crippen molar-refractivity contribution in [3.8, 4) is 23.0 Å². The molecular weight excluding hydrogens is 587 g/mol. The zero-order chi connectivity index (χ0) is 30.9. The number of carbonyl (C=O) groups excluding carboxylic acids is 2. The Kier molecular flexibility index (Phi) is 9.06. The third-order valence-corrected chi connectivity index (χ3v) is 5.13. The van der Waals surface area contributed by atoms with Crippen LogP contribution in [0.1, 0.15) is 32.8 Å². The Hall–Kier alpha value is -4.08. The number of alkyl halides is 5. The molecule has 3 rings (SSSR count). The van der Waals surface area contributed by atoms with E-state index in [9.17, 15) is 31.5 Å². The molecule has 0 radical (unpaired) electrons. The van der Waals surface area contributed by atoms with Gasteiger partial charge < -0.3 is 25.3 Å². The van der Waals surface area contributed by atoms with Crippen LogP contribution in [0.25, 0.3) is 0 Å². The van der Waals surface area contributed by atoms with Gasteiger partial charge in [-0.2, -0.15) is 4.39 Å². The minimum absolute atomic E-state index is 0.158. The minimum Gasteiger partial charge on any atom is -0.508 e. The van der Waals surface area contributed by atoms with Crippen molar-refractivity contribution in [3.05, 3.63) is 70.0 Å². The smallest absolute Gasteiger partial charge is 0.508 e. The lowest BCUT2D eigenvalue weighted by atomic mass is 9.52. The molecule has 8 nitrogen and oxygen atoms in total. The Morgan fingerprint density at radius 2 is 1.61 bits per heavy atom. The molecule has 3 aromatic rings. The summed E-state index contributed by atoms with van der Waals surface area (Å²) in [7, 11) is 4.24. The standard InChI is InChI=1S/C22H16B3ClF7N3O5/c23-21(24,25)41-17-11(2-1-10(15(17)27)40-22(31,32)33)39-12-6-8(26)13(18(29)30)16(28)14(12)20(38)36-7-3-4-35-9(5-7)19(34)37/h1-6,18H,23-25H2,(H2,34,37)(H,35,36,38). The number of nitrogens with one attached hydrogen (secondary N) is 1. The summed E-state index contributed by atoms with van der Waals surface area (Å²) in [5, 5.41) is 0.0329. The predicted molar refractivity (Wildman–Crippen MR) is 139 cm³/mol. The predicted octanol–water partition coefficient (Wildman–Crippen LogP) is 2.88. The SMILES string of the molecule is BC(B)(B)Oc1c(Oc2cc(Cl)c(C(F)F)c(F)c2C(=O)Nc2ccnc(C(N)=O)c2)ccc(OC(F)(F)F)c1F. The van der Waals surface area contributed by atoms with Gasteiger partial charge in [-0.25, -0.2) is 13.2 Å². The molecule has 0 fully saturated rings. The lowest BCUT2D eigenvalue weighted by molar-refractivity contribution is -0.275. The van der Waals surface area contributed by atoms with E-state index in [4.69, 9.17) is 26.8 Å². The van der Waals surface area contributed by atoms with Gasteiger partial charge in [0.2, 0.25) is 5.82 Å². The topological polar surface area (TPSA) is 113 Å². The van der Waals surface area contributed by atoms with E-state index in [1.165, 1.54) is 23.5 Å². The minimum atomic E-state index is -5.28. The Morgan fingerprint density at radius 1 is 0.976 bits per heavy atom. The second-order valence-corrected chi connectivity index (χ2v) is 9.48. The van der Waals surface area contributed by atoms with E-state index in [0.717, 1.165) is 24.4 Å². The van der Waals surface area contributed by atoms with Crippen LogP contribution in [0.5, 0.6) is 23.0 Å². The zero-order valence-electron chi connectivity index (χ0n) is 21.1. The highest BCUT2D eigenvalue weighted by atomic mass is 35.5. The van der Waals surface area contributed by atoms with Gasteiger partial charge in [0.25, 0.3) is 18.2 Å². The Bertz CT molecular complexity index is 1510. The number of carbonyl (C=O) groups is 2. The molecule has 2 aromatic carbocycles. The van der Waals surface area contributed by atoms with E-state index in [1.54, 1.807) is 0 Å². The first-order valence-corrected chi connectivity index (χ1v) is 11.6. The van der Waals surface area contributed by atoms with Crippen LogP contribution in [0.2, 0.25) is 5.02 Å². The number of halogens is 8. The number of hydrogen-bond acceptors (Lipinski definition) is 6. The summed E-state index contributed by atoms with van der Waals surface area (Å²) < 4.78 is 111. The molecule has 0 saturated heterocycles. The lowest BCUT2D eigenvalue weighted by Gasteiger charge is -2.25. The van der Waals surface area contributed by atoms with Crippen molar-refractivity contribution in [2.75, 3.05) is 5.32 Å². The van der Waals surface area contributed by atoms with Crippen molar-refractivity contribution in [1.82, 2.24) is 4.98 Å². The highest BCUT2D eigenvalue weighted by Gasteiger charge is 2.35. The van der Waals surface area contributed by atoms with E-state index in [2.05, 4.69) is 15.0 Å². The average Bonchev–Trinajstić information content (AvgIpc) is 2.81. The number of hydrogen-bond donors (Lipinski definition) is 2. The molecule has 0 saturated carbocycles. The number of benzene rings is 2. The van der Waals surface area contributed by atoms with E-state index in [0.29, 0.717) is 12.1 Å². The molecule has 2 amide bonds. The van der Waals surface area contributed by atoms with Gasteiger partial charge in [-0.15, -0.1) is 13.2 Å². The number of pyridine rings is 1. The maximum Gasteiger partial charge on any atom is 0.573 e. The molecule has 3 N–H and O–H groups in total. The maximum atomic E-state index is 15.4. The summed E-state index contributed by atoms with van der Waals surface area (Å²) in [6.45, 7) is 0.